The van der Waals surface area contributed by atoms with Gasteiger partial charge in [-0.15, -0.1) is 0 Å². The quantitative estimate of drug-likeness (QED) is 0.545. The van der Waals surface area contributed by atoms with Crippen molar-refractivity contribution in [2.45, 2.75) is 23.2 Å². The molecule has 0 radical (unpaired) electrons. The van der Waals surface area contributed by atoms with Gasteiger partial charge in [0, 0.05) is 17.7 Å². The van der Waals surface area contributed by atoms with Crippen molar-refractivity contribution in [1.82, 2.24) is 0 Å². The Bertz CT molecular complexity index is 131. The first kappa shape index (κ1) is 13.6. The van der Waals surface area contributed by atoms with Gasteiger partial charge in [-0.3, -0.25) is 0 Å². The maximum Gasteiger partial charge on any atom is 0.441 e. The third kappa shape index (κ3) is 10.5. The van der Waals surface area contributed by atoms with Crippen LogP contribution in [0.5, 0.6) is 0 Å². The van der Waals surface area contributed by atoms with E-state index in [1.807, 2.05) is 0 Å². The van der Waals surface area contributed by atoms with Crippen molar-refractivity contribution in [3.63, 3.8) is 0 Å². The second-order valence-electron chi connectivity index (χ2n) is 2.49. The Morgan fingerprint density at radius 3 is 2.54 bits per heavy atom. The van der Waals surface area contributed by atoms with E-state index in [2.05, 4.69) is 15.9 Å². The molecule has 1 nitrogen and oxygen atoms in total. The molecule has 0 spiro atoms. The van der Waals surface area contributed by atoms with Crippen molar-refractivity contribution < 1.29 is 17.9 Å². The van der Waals surface area contributed by atoms with Crippen molar-refractivity contribution >= 4 is 27.7 Å². The van der Waals surface area contributed by atoms with Crippen LogP contribution in [-0.2, 0) is 4.74 Å². The number of hydrogen-bond donors (Lipinski definition) is 0. The predicted molar refractivity (Wildman–Crippen MR) is 52.3 cm³/mol. The van der Waals surface area contributed by atoms with Crippen molar-refractivity contribution in [2.24, 2.45) is 0 Å². The first-order valence-corrected chi connectivity index (χ1v) is 5.69. The minimum Gasteiger partial charge on any atom is -0.384 e. The molecule has 0 aromatic carbocycles. The van der Waals surface area contributed by atoms with E-state index in [1.165, 1.54) is 0 Å². The Kier molecular flexibility index (Phi) is 7.26. The summed E-state index contributed by atoms with van der Waals surface area (Å²) in [6.07, 6.45) is 1.25. The van der Waals surface area contributed by atoms with Crippen molar-refractivity contribution in [2.75, 3.05) is 19.5 Å². The van der Waals surface area contributed by atoms with Crippen LogP contribution in [-0.4, -0.2) is 29.8 Å². The smallest absolute Gasteiger partial charge is 0.384 e. The molecule has 0 bridgehead atoms. The van der Waals surface area contributed by atoms with Crippen LogP contribution in [0.4, 0.5) is 13.2 Å². The van der Waals surface area contributed by atoms with Crippen LogP contribution in [0, 0.1) is 0 Å². The van der Waals surface area contributed by atoms with E-state index < -0.39 is 5.51 Å². The van der Waals surface area contributed by atoms with Crippen LogP contribution in [0.15, 0.2) is 0 Å². The second kappa shape index (κ2) is 6.95. The molecule has 0 saturated carbocycles. The monoisotopic (exact) mass is 280 g/mol. The number of halogens is 4. The van der Waals surface area contributed by atoms with Crippen LogP contribution in [0.3, 0.4) is 0 Å². The lowest BCUT2D eigenvalue weighted by atomic mass is 10.3. The van der Waals surface area contributed by atoms with Gasteiger partial charge in [0.25, 0.3) is 0 Å². The second-order valence-corrected chi connectivity index (χ2v) is 4.94. The molecule has 0 fully saturated rings. The van der Waals surface area contributed by atoms with Gasteiger partial charge < -0.3 is 4.74 Å². The standard InChI is InChI=1S/C7H12BrF3OS/c1-12-5-6(8)3-2-4-13-7(9,10)11/h6H,2-5H2,1H3. The average molecular weight is 281 g/mol. The molecule has 0 amide bonds. The Hall–Kier alpha value is 0.580. The van der Waals surface area contributed by atoms with Gasteiger partial charge in [-0.25, -0.2) is 0 Å². The highest BCUT2D eigenvalue weighted by Crippen LogP contribution is 2.31. The van der Waals surface area contributed by atoms with Crippen molar-refractivity contribution in [1.29, 1.82) is 0 Å². The fourth-order valence-electron chi connectivity index (χ4n) is 0.757. The van der Waals surface area contributed by atoms with Crippen LogP contribution in [0.1, 0.15) is 12.8 Å². The fraction of sp³-hybridized carbons (Fsp3) is 1.00. The summed E-state index contributed by atoms with van der Waals surface area (Å²) in [7, 11) is 1.57. The van der Waals surface area contributed by atoms with Gasteiger partial charge in [0.1, 0.15) is 0 Å². The molecule has 0 N–H and O–H groups in total. The SMILES string of the molecule is COCC(Br)CCCSC(F)(F)F. The number of rotatable bonds is 6. The number of thioether (sulfide) groups is 1. The third-order valence-corrected chi connectivity index (χ3v) is 2.82. The van der Waals surface area contributed by atoms with E-state index in [4.69, 9.17) is 4.74 Å². The highest BCUT2D eigenvalue weighted by molar-refractivity contribution is 9.09. The molecule has 6 heteroatoms. The number of methoxy groups -OCH3 is 1. The summed E-state index contributed by atoms with van der Waals surface area (Å²) in [6.45, 7) is 0.538. The fourth-order valence-corrected chi connectivity index (χ4v) is 1.89. The summed E-state index contributed by atoms with van der Waals surface area (Å²) in [4.78, 5) is 0.159. The summed E-state index contributed by atoms with van der Waals surface area (Å²) >= 11 is 3.34. The number of ether oxygens (including phenoxy) is 1. The highest BCUT2D eigenvalue weighted by atomic mass is 79.9. The number of alkyl halides is 4. The van der Waals surface area contributed by atoms with Crippen LogP contribution in [0.2, 0.25) is 0 Å². The lowest BCUT2D eigenvalue weighted by Crippen LogP contribution is -2.08. The van der Waals surface area contributed by atoms with Gasteiger partial charge in [-0.05, 0) is 12.8 Å². The summed E-state index contributed by atoms with van der Waals surface area (Å²) in [5, 5.41) is 0. The minimum atomic E-state index is -4.09. The number of hydrogen-bond acceptors (Lipinski definition) is 2. The molecule has 1 unspecified atom stereocenters. The van der Waals surface area contributed by atoms with E-state index in [-0.39, 0.29) is 22.3 Å². The molecule has 0 heterocycles. The Labute approximate surface area is 88.5 Å². The molecule has 0 aliphatic heterocycles. The largest absolute Gasteiger partial charge is 0.441 e. The Morgan fingerprint density at radius 1 is 1.46 bits per heavy atom. The van der Waals surface area contributed by atoms with Gasteiger partial charge >= 0.3 is 5.51 Å². The predicted octanol–water partition coefficient (Wildman–Crippen LogP) is 3.43. The summed E-state index contributed by atoms with van der Waals surface area (Å²) < 4.78 is 39.8. The Balaban J connectivity index is 3.25. The highest BCUT2D eigenvalue weighted by Gasteiger charge is 2.27. The zero-order chi connectivity index (χ0) is 10.3. The van der Waals surface area contributed by atoms with Crippen LogP contribution >= 0.6 is 27.7 Å². The molecule has 0 aliphatic rings. The molecule has 0 rings (SSSR count). The summed E-state index contributed by atoms with van der Waals surface area (Å²) in [6, 6.07) is 0. The molecule has 0 aromatic heterocycles. The van der Waals surface area contributed by atoms with E-state index >= 15 is 0 Å². The van der Waals surface area contributed by atoms with E-state index in [1.54, 1.807) is 7.11 Å². The average Bonchev–Trinajstić information content (AvgIpc) is 1.97. The topological polar surface area (TPSA) is 9.23 Å². The maximum atomic E-state index is 11.7. The van der Waals surface area contributed by atoms with Gasteiger partial charge in [-0.1, -0.05) is 27.7 Å². The molecule has 0 saturated heterocycles. The van der Waals surface area contributed by atoms with Crippen molar-refractivity contribution in [3.05, 3.63) is 0 Å². The van der Waals surface area contributed by atoms with Gasteiger partial charge in [-0.2, -0.15) is 13.2 Å². The van der Waals surface area contributed by atoms with Crippen LogP contribution < -0.4 is 0 Å². The molecule has 80 valence electrons. The first-order valence-electron chi connectivity index (χ1n) is 3.79. The van der Waals surface area contributed by atoms with Gasteiger partial charge in [0.15, 0.2) is 0 Å². The molecular weight excluding hydrogens is 269 g/mol. The van der Waals surface area contributed by atoms with Gasteiger partial charge in [0.2, 0.25) is 0 Å². The molecule has 13 heavy (non-hydrogen) atoms. The van der Waals surface area contributed by atoms with E-state index in [0.717, 1.165) is 0 Å². The lowest BCUT2D eigenvalue weighted by molar-refractivity contribution is -0.0328. The summed E-state index contributed by atoms with van der Waals surface area (Å²) in [5.74, 6) is 0.120. The molecule has 1 atom stereocenters. The Morgan fingerprint density at radius 2 is 2.08 bits per heavy atom. The van der Waals surface area contributed by atoms with E-state index in [0.29, 0.717) is 19.4 Å². The summed E-state index contributed by atoms with van der Waals surface area (Å²) in [5.41, 5.74) is -4.09. The zero-order valence-electron chi connectivity index (χ0n) is 7.23. The van der Waals surface area contributed by atoms with Gasteiger partial charge in [0.05, 0.1) is 6.61 Å². The first-order chi connectivity index (χ1) is 5.95. The normalized spacial score (nSPS) is 14.5. The third-order valence-electron chi connectivity index (χ3n) is 1.27. The molecule has 0 aliphatic carbocycles. The molecular formula is C7H12BrF3OS. The zero-order valence-corrected chi connectivity index (χ0v) is 9.64. The van der Waals surface area contributed by atoms with Crippen LogP contribution in [0.25, 0.3) is 0 Å². The van der Waals surface area contributed by atoms with Crippen molar-refractivity contribution in [3.8, 4) is 0 Å². The lowest BCUT2D eigenvalue weighted by Gasteiger charge is -2.08. The van der Waals surface area contributed by atoms with E-state index in [9.17, 15) is 13.2 Å². The molecule has 0 aromatic rings. The minimum absolute atomic E-state index is 0.0320. The maximum absolute atomic E-state index is 11.7.